The highest BCUT2D eigenvalue weighted by molar-refractivity contribution is 6.31. The van der Waals surface area contributed by atoms with Crippen LogP contribution >= 0.6 is 11.6 Å². The van der Waals surface area contributed by atoms with E-state index in [2.05, 4.69) is 27.6 Å². The number of carbonyl (C=O) groups is 1. The highest BCUT2D eigenvalue weighted by Crippen LogP contribution is 2.38. The average molecular weight is 451 g/mol. The second kappa shape index (κ2) is 9.74. The zero-order chi connectivity index (χ0) is 22.0. The minimum Gasteiger partial charge on any atom is -0.296 e. The van der Waals surface area contributed by atoms with E-state index in [1.54, 1.807) is 12.1 Å². The van der Waals surface area contributed by atoms with Crippen molar-refractivity contribution in [2.45, 2.75) is 88.3 Å². The number of halogens is 2. The normalized spacial score (nSPS) is 30.6. The van der Waals surface area contributed by atoms with Crippen LogP contribution in [-0.2, 0) is 11.3 Å². The van der Waals surface area contributed by atoms with Crippen LogP contribution in [0.4, 0.5) is 4.39 Å². The molecule has 2 unspecified atom stereocenters. The molecule has 3 fully saturated rings. The molecule has 2 heterocycles. The van der Waals surface area contributed by atoms with Crippen LogP contribution in [0, 0.1) is 12.7 Å². The van der Waals surface area contributed by atoms with E-state index < -0.39 is 5.38 Å². The van der Waals surface area contributed by atoms with E-state index in [9.17, 15) is 9.18 Å². The standard InChI is InChI=1S/C24H36ClFN4O/c1-17-14-20(26)9-8-19(17)16-29-12-13-30(18(2)15-29)22-21(25)23(31)27-28-24(22)10-6-4-3-5-7-11-24/h8-9,14,18,21-22,28H,3-7,10-13,15-16H2,1-2H3,(H,27,31)/t18-,21?,22?/m1/s1. The van der Waals surface area contributed by atoms with Gasteiger partial charge in [-0.3, -0.25) is 20.0 Å². The van der Waals surface area contributed by atoms with Crippen molar-refractivity contribution in [1.82, 2.24) is 20.7 Å². The first-order valence-electron chi connectivity index (χ1n) is 11.8. The summed E-state index contributed by atoms with van der Waals surface area (Å²) in [5.41, 5.74) is 8.34. The number of amides is 1. The smallest absolute Gasteiger partial charge is 0.253 e. The number of nitrogens with one attached hydrogen (secondary N) is 2. The Balaban J connectivity index is 1.49. The molecule has 2 aliphatic heterocycles. The number of piperazine rings is 1. The Kier molecular flexibility index (Phi) is 7.21. The molecule has 7 heteroatoms. The molecule has 3 atom stereocenters. The Bertz CT molecular complexity index is 783. The van der Waals surface area contributed by atoms with Gasteiger partial charge in [0.25, 0.3) is 5.91 Å². The number of nitrogens with zero attached hydrogens (tertiary/aromatic N) is 2. The molecule has 5 nitrogen and oxygen atoms in total. The number of aryl methyl sites for hydroxylation is 1. The van der Waals surface area contributed by atoms with E-state index in [-0.39, 0.29) is 29.3 Å². The van der Waals surface area contributed by atoms with Crippen LogP contribution in [0.2, 0.25) is 0 Å². The van der Waals surface area contributed by atoms with Crippen LogP contribution in [0.3, 0.4) is 0 Å². The first-order chi connectivity index (χ1) is 14.9. The number of hydrogen-bond donors (Lipinski definition) is 2. The predicted molar refractivity (Wildman–Crippen MR) is 122 cm³/mol. The summed E-state index contributed by atoms with van der Waals surface area (Å²) in [6, 6.07) is 5.33. The van der Waals surface area contributed by atoms with Gasteiger partial charge >= 0.3 is 0 Å². The highest BCUT2D eigenvalue weighted by Gasteiger charge is 2.52. The lowest BCUT2D eigenvalue weighted by atomic mass is 9.75. The van der Waals surface area contributed by atoms with Gasteiger partial charge < -0.3 is 0 Å². The SMILES string of the molecule is Cc1cc(F)ccc1CN1CCN(C2C(Cl)C(=O)NNC23CCCCCCC3)[C@H](C)C1. The second-order valence-corrected chi connectivity index (χ2v) is 10.2. The molecule has 1 amide bonds. The van der Waals surface area contributed by atoms with E-state index in [4.69, 9.17) is 11.6 Å². The van der Waals surface area contributed by atoms with Crippen molar-refractivity contribution >= 4 is 17.5 Å². The summed E-state index contributed by atoms with van der Waals surface area (Å²) < 4.78 is 13.5. The first kappa shape index (κ1) is 23.0. The lowest BCUT2D eigenvalue weighted by molar-refractivity contribution is -0.131. The van der Waals surface area contributed by atoms with Gasteiger partial charge in [-0.05, 0) is 49.9 Å². The molecule has 1 spiro atoms. The summed E-state index contributed by atoms with van der Waals surface area (Å²) >= 11 is 6.81. The number of rotatable bonds is 3. The molecule has 3 aliphatic rings. The Morgan fingerprint density at radius 1 is 1.16 bits per heavy atom. The third kappa shape index (κ3) is 4.92. The molecule has 172 valence electrons. The zero-order valence-corrected chi connectivity index (χ0v) is 19.6. The fourth-order valence-electron chi connectivity index (χ4n) is 5.88. The van der Waals surface area contributed by atoms with Gasteiger partial charge in [-0.1, -0.05) is 38.2 Å². The molecule has 4 rings (SSSR count). The molecule has 2 saturated heterocycles. The van der Waals surface area contributed by atoms with Crippen molar-refractivity contribution in [3.8, 4) is 0 Å². The number of hydrazine groups is 1. The van der Waals surface area contributed by atoms with E-state index >= 15 is 0 Å². The number of alkyl halides is 1. The minimum atomic E-state index is -0.547. The maximum Gasteiger partial charge on any atom is 0.253 e. The minimum absolute atomic E-state index is 0.00859. The molecule has 0 radical (unpaired) electrons. The predicted octanol–water partition coefficient (Wildman–Crippen LogP) is 3.73. The zero-order valence-electron chi connectivity index (χ0n) is 18.8. The Morgan fingerprint density at radius 2 is 1.87 bits per heavy atom. The first-order valence-corrected chi connectivity index (χ1v) is 12.3. The van der Waals surface area contributed by atoms with Crippen molar-refractivity contribution in [2.24, 2.45) is 0 Å². The van der Waals surface area contributed by atoms with Crippen molar-refractivity contribution in [2.75, 3.05) is 19.6 Å². The summed E-state index contributed by atoms with van der Waals surface area (Å²) in [7, 11) is 0. The van der Waals surface area contributed by atoms with Gasteiger partial charge in [0.05, 0.1) is 11.6 Å². The second-order valence-electron chi connectivity index (χ2n) is 9.78. The van der Waals surface area contributed by atoms with Crippen LogP contribution in [0.5, 0.6) is 0 Å². The van der Waals surface area contributed by atoms with Gasteiger partial charge in [0.15, 0.2) is 0 Å². The summed E-state index contributed by atoms with van der Waals surface area (Å²) in [4.78, 5) is 17.5. The number of benzene rings is 1. The molecule has 0 aromatic heterocycles. The third-order valence-electron chi connectivity index (χ3n) is 7.59. The summed E-state index contributed by atoms with van der Waals surface area (Å²) in [6.07, 6.45) is 8.22. The molecular formula is C24H36ClFN4O. The number of hydrogen-bond acceptors (Lipinski definition) is 4. The van der Waals surface area contributed by atoms with E-state index in [1.165, 1.54) is 37.7 Å². The van der Waals surface area contributed by atoms with Crippen molar-refractivity contribution in [1.29, 1.82) is 0 Å². The van der Waals surface area contributed by atoms with Crippen LogP contribution in [0.1, 0.15) is 63.0 Å². The topological polar surface area (TPSA) is 47.6 Å². The van der Waals surface area contributed by atoms with Crippen LogP contribution in [0.15, 0.2) is 18.2 Å². The fourth-order valence-corrected chi connectivity index (χ4v) is 6.32. The van der Waals surface area contributed by atoms with Gasteiger partial charge in [-0.2, -0.15) is 0 Å². The lowest BCUT2D eigenvalue weighted by Gasteiger charge is -2.55. The molecule has 1 saturated carbocycles. The third-order valence-corrected chi connectivity index (χ3v) is 8.03. The Hall–Kier alpha value is -1.21. The summed E-state index contributed by atoms with van der Waals surface area (Å²) in [5.74, 6) is -0.295. The molecular weight excluding hydrogens is 415 g/mol. The van der Waals surface area contributed by atoms with Gasteiger partial charge in [0, 0.05) is 32.2 Å². The van der Waals surface area contributed by atoms with Crippen molar-refractivity contribution in [3.63, 3.8) is 0 Å². The van der Waals surface area contributed by atoms with Crippen LogP contribution in [0.25, 0.3) is 0 Å². The van der Waals surface area contributed by atoms with E-state index in [0.717, 1.165) is 44.6 Å². The quantitative estimate of drug-likeness (QED) is 0.689. The van der Waals surface area contributed by atoms with Crippen molar-refractivity contribution in [3.05, 3.63) is 35.1 Å². The van der Waals surface area contributed by atoms with Crippen LogP contribution < -0.4 is 10.9 Å². The largest absolute Gasteiger partial charge is 0.296 e. The van der Waals surface area contributed by atoms with Gasteiger partial charge in [-0.25, -0.2) is 9.82 Å². The molecule has 1 aromatic carbocycles. The highest BCUT2D eigenvalue weighted by atomic mass is 35.5. The molecule has 1 aliphatic carbocycles. The Morgan fingerprint density at radius 3 is 2.55 bits per heavy atom. The maximum absolute atomic E-state index is 13.5. The van der Waals surface area contributed by atoms with E-state index in [1.807, 2.05) is 13.0 Å². The van der Waals surface area contributed by atoms with Crippen LogP contribution in [-0.4, -0.2) is 58.3 Å². The molecule has 2 N–H and O–H groups in total. The van der Waals surface area contributed by atoms with Crippen molar-refractivity contribution < 1.29 is 9.18 Å². The Labute approximate surface area is 190 Å². The van der Waals surface area contributed by atoms with Gasteiger partial charge in [-0.15, -0.1) is 11.6 Å². The monoisotopic (exact) mass is 450 g/mol. The molecule has 31 heavy (non-hydrogen) atoms. The fraction of sp³-hybridized carbons (Fsp3) is 0.708. The average Bonchev–Trinajstić information content (AvgIpc) is 2.71. The summed E-state index contributed by atoms with van der Waals surface area (Å²) in [6.45, 7) is 7.75. The molecule has 0 bridgehead atoms. The summed E-state index contributed by atoms with van der Waals surface area (Å²) in [5, 5.41) is -0.547. The van der Waals surface area contributed by atoms with Gasteiger partial charge in [0.1, 0.15) is 11.2 Å². The van der Waals surface area contributed by atoms with E-state index in [0.29, 0.717) is 0 Å². The lowest BCUT2D eigenvalue weighted by Crippen LogP contribution is -2.76. The number of carbonyl (C=O) groups excluding carboxylic acids is 1. The maximum atomic E-state index is 13.5. The molecule has 1 aromatic rings. The van der Waals surface area contributed by atoms with Gasteiger partial charge in [0.2, 0.25) is 0 Å².